The third-order valence-corrected chi connectivity index (χ3v) is 2.75. The van der Waals surface area contributed by atoms with Crippen molar-refractivity contribution in [1.82, 2.24) is 4.90 Å². The van der Waals surface area contributed by atoms with Crippen LogP contribution in [0.3, 0.4) is 0 Å². The molecule has 3 heteroatoms. The van der Waals surface area contributed by atoms with Gasteiger partial charge in [0, 0.05) is 25.3 Å². The standard InChI is InChI=1S/C15H22N2O/c1-2-17(10-5-11-18)13-15-7-3-6-14(12-15)8-4-9-16/h3,6-7,12,18H,2,5,9-11,13,16H2,1H3. The summed E-state index contributed by atoms with van der Waals surface area (Å²) in [4.78, 5) is 2.31. The number of aliphatic hydroxyl groups is 1. The summed E-state index contributed by atoms with van der Waals surface area (Å²) >= 11 is 0. The summed E-state index contributed by atoms with van der Waals surface area (Å²) in [5.41, 5.74) is 7.63. The van der Waals surface area contributed by atoms with Gasteiger partial charge in [0.25, 0.3) is 0 Å². The number of rotatable bonds is 6. The van der Waals surface area contributed by atoms with Gasteiger partial charge in [0.1, 0.15) is 0 Å². The third kappa shape index (κ3) is 5.33. The van der Waals surface area contributed by atoms with Crippen molar-refractivity contribution in [1.29, 1.82) is 0 Å². The molecule has 0 aliphatic rings. The minimum Gasteiger partial charge on any atom is -0.396 e. The minimum absolute atomic E-state index is 0.249. The fourth-order valence-electron chi connectivity index (χ4n) is 1.80. The molecule has 0 radical (unpaired) electrons. The molecule has 0 aliphatic heterocycles. The second-order valence-corrected chi connectivity index (χ2v) is 4.15. The van der Waals surface area contributed by atoms with Gasteiger partial charge in [-0.2, -0.15) is 0 Å². The molecule has 0 atom stereocenters. The number of nitrogens with zero attached hydrogens (tertiary/aromatic N) is 1. The molecule has 0 spiro atoms. The van der Waals surface area contributed by atoms with Gasteiger partial charge in [0.15, 0.2) is 0 Å². The average Bonchev–Trinajstić information content (AvgIpc) is 2.41. The Hall–Kier alpha value is -1.34. The van der Waals surface area contributed by atoms with E-state index in [1.165, 1.54) is 5.56 Å². The second kappa shape index (κ2) is 8.71. The van der Waals surface area contributed by atoms with Crippen LogP contribution in [0.15, 0.2) is 24.3 Å². The van der Waals surface area contributed by atoms with E-state index < -0.39 is 0 Å². The Morgan fingerprint density at radius 2 is 2.22 bits per heavy atom. The van der Waals surface area contributed by atoms with Gasteiger partial charge in [-0.1, -0.05) is 30.9 Å². The van der Waals surface area contributed by atoms with Gasteiger partial charge in [0.2, 0.25) is 0 Å². The summed E-state index contributed by atoms with van der Waals surface area (Å²) in [5, 5.41) is 8.86. The van der Waals surface area contributed by atoms with Gasteiger partial charge < -0.3 is 10.8 Å². The van der Waals surface area contributed by atoms with Crippen molar-refractivity contribution < 1.29 is 5.11 Å². The quantitative estimate of drug-likeness (QED) is 0.742. The number of aliphatic hydroxyl groups excluding tert-OH is 1. The fraction of sp³-hybridized carbons (Fsp3) is 0.467. The lowest BCUT2D eigenvalue weighted by molar-refractivity contribution is 0.225. The summed E-state index contributed by atoms with van der Waals surface area (Å²) in [6.07, 6.45) is 0.820. The molecule has 18 heavy (non-hydrogen) atoms. The van der Waals surface area contributed by atoms with Crippen molar-refractivity contribution in [2.75, 3.05) is 26.2 Å². The predicted octanol–water partition coefficient (Wildman–Crippen LogP) is 1.20. The Morgan fingerprint density at radius 1 is 1.39 bits per heavy atom. The van der Waals surface area contributed by atoms with E-state index in [4.69, 9.17) is 10.8 Å². The van der Waals surface area contributed by atoms with Gasteiger partial charge in [0.05, 0.1) is 6.54 Å². The summed E-state index contributed by atoms with van der Waals surface area (Å²) in [6.45, 7) is 5.58. The van der Waals surface area contributed by atoms with Crippen LogP contribution >= 0.6 is 0 Å². The predicted molar refractivity (Wildman–Crippen MR) is 75.0 cm³/mol. The molecule has 0 saturated carbocycles. The molecule has 0 fully saturated rings. The first kappa shape index (κ1) is 14.7. The molecule has 0 unspecified atom stereocenters. The van der Waals surface area contributed by atoms with Crippen LogP contribution in [0.25, 0.3) is 0 Å². The highest BCUT2D eigenvalue weighted by Crippen LogP contribution is 2.08. The highest BCUT2D eigenvalue weighted by atomic mass is 16.3. The van der Waals surface area contributed by atoms with Gasteiger partial charge in [-0.15, -0.1) is 0 Å². The second-order valence-electron chi connectivity index (χ2n) is 4.15. The zero-order valence-corrected chi connectivity index (χ0v) is 11.0. The van der Waals surface area contributed by atoms with Crippen LogP contribution in [-0.4, -0.2) is 36.2 Å². The maximum Gasteiger partial charge on any atom is 0.0555 e. The largest absolute Gasteiger partial charge is 0.396 e. The normalized spacial score (nSPS) is 10.2. The number of benzene rings is 1. The Labute approximate surface area is 110 Å². The lowest BCUT2D eigenvalue weighted by Gasteiger charge is -2.19. The highest BCUT2D eigenvalue weighted by molar-refractivity contribution is 5.37. The molecule has 3 N–H and O–H groups in total. The summed E-state index contributed by atoms with van der Waals surface area (Å²) < 4.78 is 0. The number of hydrogen-bond acceptors (Lipinski definition) is 3. The van der Waals surface area contributed by atoms with E-state index in [-0.39, 0.29) is 6.61 Å². The molecular formula is C15H22N2O. The van der Waals surface area contributed by atoms with Crippen LogP contribution in [0.4, 0.5) is 0 Å². The maximum atomic E-state index is 8.86. The molecule has 0 heterocycles. The van der Waals surface area contributed by atoms with Crippen LogP contribution in [0.1, 0.15) is 24.5 Å². The lowest BCUT2D eigenvalue weighted by Crippen LogP contribution is -2.24. The summed E-state index contributed by atoms with van der Waals surface area (Å²) in [7, 11) is 0. The monoisotopic (exact) mass is 246 g/mol. The first-order chi connectivity index (χ1) is 8.80. The molecule has 0 aliphatic carbocycles. The molecule has 0 amide bonds. The number of nitrogens with two attached hydrogens (primary N) is 1. The topological polar surface area (TPSA) is 49.5 Å². The average molecular weight is 246 g/mol. The van der Waals surface area contributed by atoms with Crippen LogP contribution in [0, 0.1) is 11.8 Å². The molecule has 0 bridgehead atoms. The zero-order valence-electron chi connectivity index (χ0n) is 11.0. The maximum absolute atomic E-state index is 8.86. The molecule has 98 valence electrons. The highest BCUT2D eigenvalue weighted by Gasteiger charge is 2.03. The lowest BCUT2D eigenvalue weighted by atomic mass is 10.1. The Morgan fingerprint density at radius 3 is 2.89 bits per heavy atom. The minimum atomic E-state index is 0.249. The van der Waals surface area contributed by atoms with Crippen molar-refractivity contribution in [2.24, 2.45) is 5.73 Å². The fourth-order valence-corrected chi connectivity index (χ4v) is 1.80. The molecule has 0 aromatic heterocycles. The van der Waals surface area contributed by atoms with E-state index >= 15 is 0 Å². The number of hydrogen-bond donors (Lipinski definition) is 2. The van der Waals surface area contributed by atoms with Crippen molar-refractivity contribution in [3.8, 4) is 11.8 Å². The van der Waals surface area contributed by atoms with E-state index in [1.54, 1.807) is 0 Å². The van der Waals surface area contributed by atoms with Crippen LogP contribution in [0.2, 0.25) is 0 Å². The SMILES string of the molecule is CCN(CCCO)Cc1cccc(C#CCN)c1. The van der Waals surface area contributed by atoms with Gasteiger partial charge in [-0.25, -0.2) is 0 Å². The van der Waals surface area contributed by atoms with Crippen molar-refractivity contribution in [2.45, 2.75) is 19.9 Å². The molecule has 1 aromatic rings. The van der Waals surface area contributed by atoms with Crippen molar-refractivity contribution in [3.05, 3.63) is 35.4 Å². The van der Waals surface area contributed by atoms with Gasteiger partial charge in [-0.05, 0) is 30.7 Å². The van der Waals surface area contributed by atoms with E-state index in [1.807, 2.05) is 12.1 Å². The molecule has 1 aromatic carbocycles. The molecule has 3 nitrogen and oxygen atoms in total. The smallest absolute Gasteiger partial charge is 0.0555 e. The van der Waals surface area contributed by atoms with E-state index in [0.29, 0.717) is 6.54 Å². The molecular weight excluding hydrogens is 224 g/mol. The Kier molecular flexibility index (Phi) is 7.12. The zero-order chi connectivity index (χ0) is 13.2. The Bertz CT molecular complexity index is 406. The van der Waals surface area contributed by atoms with Gasteiger partial charge in [-0.3, -0.25) is 4.90 Å². The van der Waals surface area contributed by atoms with Crippen molar-refractivity contribution >= 4 is 0 Å². The summed E-state index contributed by atoms with van der Waals surface area (Å²) in [5.74, 6) is 5.91. The molecule has 0 saturated heterocycles. The van der Waals surface area contributed by atoms with Crippen LogP contribution in [-0.2, 0) is 6.54 Å². The van der Waals surface area contributed by atoms with E-state index in [9.17, 15) is 0 Å². The van der Waals surface area contributed by atoms with Gasteiger partial charge >= 0.3 is 0 Å². The first-order valence-corrected chi connectivity index (χ1v) is 6.41. The first-order valence-electron chi connectivity index (χ1n) is 6.41. The van der Waals surface area contributed by atoms with E-state index in [0.717, 1.165) is 31.6 Å². The third-order valence-electron chi connectivity index (χ3n) is 2.75. The van der Waals surface area contributed by atoms with E-state index in [2.05, 4.69) is 35.8 Å². The Balaban J connectivity index is 2.65. The molecule has 1 rings (SSSR count). The summed E-state index contributed by atoms with van der Waals surface area (Å²) in [6, 6.07) is 8.23. The van der Waals surface area contributed by atoms with Crippen LogP contribution < -0.4 is 5.73 Å². The van der Waals surface area contributed by atoms with Crippen LogP contribution in [0.5, 0.6) is 0 Å². The van der Waals surface area contributed by atoms with Crippen molar-refractivity contribution in [3.63, 3.8) is 0 Å².